The number of rotatable bonds is 4. The van der Waals surface area contributed by atoms with Gasteiger partial charge in [-0.15, -0.1) is 0 Å². The van der Waals surface area contributed by atoms with Crippen molar-refractivity contribution in [2.75, 3.05) is 0 Å². The Morgan fingerprint density at radius 2 is 1.69 bits per heavy atom. The number of hydrogen-bond acceptors (Lipinski definition) is 3. The summed E-state index contributed by atoms with van der Waals surface area (Å²) < 4.78 is 42.9. The van der Waals surface area contributed by atoms with Crippen LogP contribution in [0.2, 0.25) is 0 Å². The minimum Gasteiger partial charge on any atom is -0.381 e. The molecule has 0 fully saturated rings. The van der Waals surface area contributed by atoms with Crippen molar-refractivity contribution in [3.05, 3.63) is 35.1 Å². The third kappa shape index (κ3) is 3.31. The molecule has 90 valence electrons. The first kappa shape index (κ1) is 13.2. The Labute approximate surface area is 93.0 Å². The summed E-state index contributed by atoms with van der Waals surface area (Å²) in [5, 5.41) is 18.2. The zero-order valence-corrected chi connectivity index (χ0v) is 10.5. The molecule has 0 spiro atoms. The van der Waals surface area contributed by atoms with Gasteiger partial charge in [0.05, 0.1) is 0 Å². The summed E-state index contributed by atoms with van der Waals surface area (Å²) in [7, 11) is 0.0912. The molecule has 0 aliphatic heterocycles. The van der Waals surface area contributed by atoms with Gasteiger partial charge in [-0.3, -0.25) is 0 Å². The second-order valence-electron chi connectivity index (χ2n) is 3.30. The molecule has 0 bridgehead atoms. The normalized spacial score (nSPS) is 12.1. The average molecular weight is 252 g/mol. The van der Waals surface area contributed by atoms with Gasteiger partial charge in [0, 0.05) is 12.5 Å². The maximum atomic E-state index is 13.1. The summed E-state index contributed by atoms with van der Waals surface area (Å²) in [6.07, 6.45) is -0.489. The molecule has 0 saturated carbocycles. The van der Waals surface area contributed by atoms with E-state index < -0.39 is 23.4 Å². The lowest BCUT2D eigenvalue weighted by molar-refractivity contribution is -0.294. The summed E-state index contributed by atoms with van der Waals surface area (Å²) in [5.74, 6) is -5.73. The van der Waals surface area contributed by atoms with Crippen LogP contribution in [0.1, 0.15) is 12.0 Å². The van der Waals surface area contributed by atoms with Gasteiger partial charge in [0.15, 0.2) is 22.1 Å². The van der Waals surface area contributed by atoms with Gasteiger partial charge >= 0.3 is 0 Å². The molecule has 0 atom stereocenters. The van der Waals surface area contributed by atoms with E-state index in [2.05, 4.69) is 4.43 Å². The average Bonchev–Trinajstić information content (AvgIpc) is 2.22. The highest BCUT2D eigenvalue weighted by Gasteiger charge is 2.22. The molecule has 2 N–H and O–H groups in total. The second kappa shape index (κ2) is 4.96. The van der Waals surface area contributed by atoms with Crippen LogP contribution in [-0.4, -0.2) is 26.7 Å². The topological polar surface area (TPSA) is 49.7 Å². The molecule has 0 saturated heterocycles. The van der Waals surface area contributed by atoms with Crippen LogP contribution in [0.3, 0.4) is 0 Å². The Morgan fingerprint density at radius 3 is 2.25 bits per heavy atom. The summed E-state index contributed by atoms with van der Waals surface area (Å²) in [4.78, 5) is 0. The number of aryl methyl sites for hydroxylation is 1. The van der Waals surface area contributed by atoms with E-state index in [9.17, 15) is 13.2 Å². The molecule has 16 heavy (non-hydrogen) atoms. The fourth-order valence-corrected chi connectivity index (χ4v) is 1.36. The molecule has 3 nitrogen and oxygen atoms in total. The van der Waals surface area contributed by atoms with E-state index in [4.69, 9.17) is 10.2 Å². The molecule has 1 rings (SSSR count). The van der Waals surface area contributed by atoms with Gasteiger partial charge in [0.2, 0.25) is 0 Å². The largest absolute Gasteiger partial charge is 0.381 e. The van der Waals surface area contributed by atoms with E-state index in [0.29, 0.717) is 12.1 Å². The van der Waals surface area contributed by atoms with Gasteiger partial charge in [-0.1, -0.05) is 0 Å². The second-order valence-corrected chi connectivity index (χ2v) is 3.71. The first-order chi connectivity index (χ1) is 7.35. The predicted octanol–water partition coefficient (Wildman–Crippen LogP) is -0.0281. The van der Waals surface area contributed by atoms with Crippen molar-refractivity contribution in [3.8, 4) is 0 Å². The van der Waals surface area contributed by atoms with Crippen LogP contribution in [0.5, 0.6) is 0 Å². The van der Waals surface area contributed by atoms with E-state index in [1.54, 1.807) is 0 Å². The van der Waals surface area contributed by atoms with Crippen molar-refractivity contribution in [1.29, 1.82) is 0 Å². The van der Waals surface area contributed by atoms with Gasteiger partial charge in [0.25, 0.3) is 5.97 Å². The Balaban J connectivity index is 2.79. The minimum atomic E-state index is -2.34. The fourth-order valence-electron chi connectivity index (χ4n) is 1.15. The Hall–Kier alpha value is -0.893. The molecule has 0 amide bonds. The molecular weight excluding hydrogens is 241 g/mol. The highest BCUT2D eigenvalue weighted by molar-refractivity contribution is 5.98. The zero-order chi connectivity index (χ0) is 12.3. The molecule has 0 aliphatic rings. The smallest absolute Gasteiger partial charge is 0.267 e. The van der Waals surface area contributed by atoms with Crippen molar-refractivity contribution in [3.63, 3.8) is 0 Å². The number of hydrogen-bond donors (Lipinski definition) is 2. The summed E-state index contributed by atoms with van der Waals surface area (Å²) in [5.41, 5.74) is -0.134. The lowest BCUT2D eigenvalue weighted by Crippen LogP contribution is -2.31. The van der Waals surface area contributed by atoms with Crippen molar-refractivity contribution >= 4 is 10.5 Å². The standard InChI is InChI=1S/C9H11F3O3Si/c10-6-4-8(12)7(11)3-5(6)1-2-9(13,14)15-16/h3-4,13-14H,1-2H2,16H3. The SMILES string of the molecule is OC(O)(CCc1cc(F)c(F)cc1F)O[SiH3]. The van der Waals surface area contributed by atoms with Crippen molar-refractivity contribution < 1.29 is 27.8 Å². The Morgan fingerprint density at radius 1 is 1.12 bits per heavy atom. The quantitative estimate of drug-likeness (QED) is 0.449. The fraction of sp³-hybridized carbons (Fsp3) is 0.333. The van der Waals surface area contributed by atoms with E-state index in [0.717, 1.165) is 0 Å². The number of benzene rings is 1. The lowest BCUT2D eigenvalue weighted by Gasteiger charge is -2.19. The summed E-state index contributed by atoms with van der Waals surface area (Å²) in [6, 6.07) is 1.11. The highest BCUT2D eigenvalue weighted by atomic mass is 28.2. The molecule has 0 heterocycles. The zero-order valence-electron chi connectivity index (χ0n) is 8.51. The number of aliphatic hydroxyl groups is 2. The molecule has 0 unspecified atom stereocenters. The lowest BCUT2D eigenvalue weighted by atomic mass is 10.1. The summed E-state index contributed by atoms with van der Waals surface area (Å²) in [6.45, 7) is 0. The van der Waals surface area contributed by atoms with Crippen LogP contribution in [0.4, 0.5) is 13.2 Å². The van der Waals surface area contributed by atoms with Crippen molar-refractivity contribution in [1.82, 2.24) is 0 Å². The van der Waals surface area contributed by atoms with Crippen LogP contribution in [0.25, 0.3) is 0 Å². The third-order valence-corrected chi connectivity index (χ3v) is 2.79. The maximum absolute atomic E-state index is 13.1. The summed E-state index contributed by atoms with van der Waals surface area (Å²) >= 11 is 0. The molecule has 0 aromatic heterocycles. The molecule has 1 aromatic rings. The molecule has 0 aliphatic carbocycles. The Bertz CT molecular complexity index is 385. The minimum absolute atomic E-state index is 0.0912. The van der Waals surface area contributed by atoms with Gasteiger partial charge < -0.3 is 14.6 Å². The number of halogens is 3. The third-order valence-electron chi connectivity index (χ3n) is 2.14. The highest BCUT2D eigenvalue weighted by Crippen LogP contribution is 2.18. The van der Waals surface area contributed by atoms with E-state index in [1.807, 2.05) is 0 Å². The van der Waals surface area contributed by atoms with Crippen LogP contribution in [0, 0.1) is 17.5 Å². The van der Waals surface area contributed by atoms with Gasteiger partial charge in [-0.05, 0) is 18.1 Å². The van der Waals surface area contributed by atoms with Crippen molar-refractivity contribution in [2.45, 2.75) is 18.8 Å². The molecule has 7 heteroatoms. The van der Waals surface area contributed by atoms with E-state index in [-0.39, 0.29) is 28.9 Å². The van der Waals surface area contributed by atoms with Crippen LogP contribution < -0.4 is 0 Å². The first-order valence-corrected chi connectivity index (χ1v) is 5.30. The van der Waals surface area contributed by atoms with Crippen LogP contribution in [-0.2, 0) is 10.8 Å². The first-order valence-electron chi connectivity index (χ1n) is 4.49. The molecular formula is C9H11F3O3Si. The Kier molecular flexibility index (Phi) is 4.08. The van der Waals surface area contributed by atoms with Crippen LogP contribution in [0.15, 0.2) is 12.1 Å². The van der Waals surface area contributed by atoms with Crippen LogP contribution >= 0.6 is 0 Å². The monoisotopic (exact) mass is 252 g/mol. The van der Waals surface area contributed by atoms with Gasteiger partial charge in [-0.2, -0.15) is 0 Å². The van der Waals surface area contributed by atoms with E-state index in [1.165, 1.54) is 0 Å². The molecule has 1 aromatic carbocycles. The maximum Gasteiger partial charge on any atom is 0.267 e. The van der Waals surface area contributed by atoms with E-state index >= 15 is 0 Å². The van der Waals surface area contributed by atoms with Crippen molar-refractivity contribution in [2.24, 2.45) is 0 Å². The van der Waals surface area contributed by atoms with Gasteiger partial charge in [0.1, 0.15) is 5.82 Å². The predicted molar refractivity (Wildman–Crippen MR) is 52.8 cm³/mol. The van der Waals surface area contributed by atoms with Gasteiger partial charge in [-0.25, -0.2) is 13.2 Å². The molecule has 0 radical (unpaired) electrons.